The summed E-state index contributed by atoms with van der Waals surface area (Å²) in [4.78, 5) is 22.4. The first-order valence-corrected chi connectivity index (χ1v) is 26.3. The number of aromatic nitrogens is 4. The first-order chi connectivity index (χ1) is 23.4. The Morgan fingerprint density at radius 1 is 0.646 bits per heavy atom. The molecule has 0 amide bonds. The van der Waals surface area contributed by atoms with E-state index in [0.717, 1.165) is 18.9 Å². The average molecular weight is 804 g/mol. The smallest absolute Gasteiger partial charge is 0.224 e. The molecule has 0 saturated heterocycles. The molecule has 2 heterocycles. The average Bonchev–Trinajstić information content (AvgIpc) is 3.17. The molecule has 48 heavy (non-hydrogen) atoms. The maximum Gasteiger partial charge on any atom is 0.224 e. The summed E-state index contributed by atoms with van der Waals surface area (Å²) in [6, 6.07) is 3.21. The Hall–Kier alpha value is -2.47. The third-order valence-electron chi connectivity index (χ3n) is 5.20. The van der Waals surface area contributed by atoms with Crippen LogP contribution >= 0.6 is 11.6 Å². The van der Waals surface area contributed by atoms with Crippen molar-refractivity contribution >= 4 is 64.7 Å². The number of halogens is 1. The van der Waals surface area contributed by atoms with Crippen LogP contribution in [0, 0.1) is 10.8 Å². The van der Waals surface area contributed by atoms with Crippen molar-refractivity contribution in [3.63, 3.8) is 0 Å². The van der Waals surface area contributed by atoms with Crippen molar-refractivity contribution in [1.29, 1.82) is 10.8 Å². The fraction of sp³-hybridized carbons (Fsp3) is 0.667. The van der Waals surface area contributed by atoms with Gasteiger partial charge in [0.1, 0.15) is 0 Å². The molecule has 0 aromatic carbocycles. The van der Waals surface area contributed by atoms with E-state index in [1.165, 1.54) is 64.2 Å². The SMILES string of the molecule is CC.CC.CC.CC.CC.CC.CCC[CH2][Sn]([CH]=N)([CH2]CCC)[CH2]CCC.N=Cc1nccc(N=CN)n1.NC=Nc1ccnc(Cl)n1. The van der Waals surface area contributed by atoms with Crippen molar-refractivity contribution in [2.75, 3.05) is 0 Å². The number of nitrogens with one attached hydrogen (secondary N) is 2. The summed E-state index contributed by atoms with van der Waals surface area (Å²) in [5, 5.41) is 14.8. The zero-order valence-electron chi connectivity index (χ0n) is 33.7. The minimum absolute atomic E-state index is 0.170. The second-order valence-electron chi connectivity index (χ2n) is 7.97. The summed E-state index contributed by atoms with van der Waals surface area (Å²) >= 11 is 3.37. The van der Waals surface area contributed by atoms with Gasteiger partial charge in [0.25, 0.3) is 0 Å². The Morgan fingerprint density at radius 2 is 1.00 bits per heavy atom. The first-order valence-electron chi connectivity index (χ1n) is 18.3. The summed E-state index contributed by atoms with van der Waals surface area (Å²) in [6.07, 6.45) is 14.4. The molecule has 0 fully saturated rings. The van der Waals surface area contributed by atoms with E-state index >= 15 is 0 Å². The van der Waals surface area contributed by atoms with Crippen LogP contribution in [0.5, 0.6) is 0 Å². The number of unbranched alkanes of at least 4 members (excludes halogenated alkanes) is 3. The molecule has 0 bridgehead atoms. The van der Waals surface area contributed by atoms with Crippen molar-refractivity contribution in [3.05, 3.63) is 35.6 Å². The van der Waals surface area contributed by atoms with Crippen LogP contribution < -0.4 is 11.5 Å². The van der Waals surface area contributed by atoms with Crippen LogP contribution in [0.2, 0.25) is 18.6 Å². The van der Waals surface area contributed by atoms with Gasteiger partial charge in [-0.1, -0.05) is 83.1 Å². The van der Waals surface area contributed by atoms with Crippen molar-refractivity contribution in [2.45, 2.75) is 156 Å². The Kier molecular flexibility index (Phi) is 72.0. The molecule has 0 atom stereocenters. The number of nitrogens with two attached hydrogens (primary N) is 2. The fourth-order valence-corrected chi connectivity index (χ4v) is 15.8. The molecule has 0 aliphatic heterocycles. The van der Waals surface area contributed by atoms with Crippen LogP contribution in [0.3, 0.4) is 0 Å². The van der Waals surface area contributed by atoms with Crippen molar-refractivity contribution in [2.24, 2.45) is 21.5 Å². The summed E-state index contributed by atoms with van der Waals surface area (Å²) in [7, 11) is 0. The summed E-state index contributed by atoms with van der Waals surface area (Å²) < 4.78 is 6.29. The number of aliphatic imine (C=N–C) groups is 2. The Morgan fingerprint density at radius 3 is 1.29 bits per heavy atom. The Labute approximate surface area is 306 Å². The standard InChI is InChI=1S/C6H7N5.C5H5ClN4.3C4H9.6C2H6.CH2N.Sn/c7-3-6-9-2-1-5(11-6)10-4-8;6-5-8-2-1-4(10-5)9-3-7;3*1-3-4-2;7*1-2;/h1-4,7H,(H2,8,9,10,11);1-3H,(H2,7,8,9,10);3*1,3-4H2,2H3;6*1-2H3;1-2H;. The van der Waals surface area contributed by atoms with Crippen LogP contribution in [-0.4, -0.2) is 61.4 Å². The number of hydrogen-bond donors (Lipinski definition) is 4. The predicted octanol–water partition coefficient (Wildman–Crippen LogP) is 12.0. The van der Waals surface area contributed by atoms with E-state index in [0.29, 0.717) is 17.5 Å². The molecule has 0 aliphatic rings. The minimum atomic E-state index is -2.07. The van der Waals surface area contributed by atoms with E-state index in [1.54, 1.807) is 12.1 Å². The van der Waals surface area contributed by atoms with Gasteiger partial charge in [-0.15, -0.1) is 0 Å². The molecule has 2 rings (SSSR count). The number of nitrogens with zero attached hydrogens (tertiary/aromatic N) is 6. The van der Waals surface area contributed by atoms with Crippen LogP contribution in [0.25, 0.3) is 0 Å². The van der Waals surface area contributed by atoms with Gasteiger partial charge >= 0.3 is 101 Å². The van der Waals surface area contributed by atoms with Gasteiger partial charge in [0.2, 0.25) is 5.28 Å². The van der Waals surface area contributed by atoms with Crippen LogP contribution in [0.1, 0.15) is 148 Å². The minimum Gasteiger partial charge on any atom is -0.390 e. The molecule has 282 valence electrons. The molecular weight excluding hydrogens is 727 g/mol. The fourth-order valence-electron chi connectivity index (χ4n) is 3.23. The van der Waals surface area contributed by atoms with E-state index in [2.05, 4.69) is 50.7 Å². The van der Waals surface area contributed by atoms with Crippen molar-refractivity contribution < 1.29 is 0 Å². The molecular formula is C36H77ClN10Sn. The molecule has 12 heteroatoms. The van der Waals surface area contributed by atoms with E-state index in [-0.39, 0.29) is 5.28 Å². The maximum absolute atomic E-state index is 7.81. The molecule has 0 spiro atoms. The van der Waals surface area contributed by atoms with Crippen molar-refractivity contribution in [3.8, 4) is 0 Å². The molecule has 0 unspecified atom stereocenters. The third-order valence-corrected chi connectivity index (χ3v) is 18.7. The molecule has 2 aromatic rings. The maximum atomic E-state index is 7.81. The largest absolute Gasteiger partial charge is 0.390 e. The van der Waals surface area contributed by atoms with Gasteiger partial charge in [-0.3, -0.25) is 0 Å². The molecule has 10 nitrogen and oxygen atoms in total. The molecule has 0 saturated carbocycles. The predicted molar refractivity (Wildman–Crippen MR) is 223 cm³/mol. The normalized spacial score (nSPS) is 8.92. The van der Waals surface area contributed by atoms with E-state index in [4.69, 9.17) is 33.9 Å². The second kappa shape index (κ2) is 56.8. The summed E-state index contributed by atoms with van der Waals surface area (Å²) in [5.41, 5.74) is 10.1. The number of rotatable bonds is 13. The van der Waals surface area contributed by atoms with Crippen LogP contribution in [0.4, 0.5) is 11.6 Å². The van der Waals surface area contributed by atoms with Gasteiger partial charge in [0, 0.05) is 24.5 Å². The number of hydrogen-bond acceptors (Lipinski definition) is 8. The zero-order chi connectivity index (χ0) is 39.1. The van der Waals surface area contributed by atoms with Gasteiger partial charge in [0.05, 0.1) is 18.9 Å². The third kappa shape index (κ3) is 41.6. The summed E-state index contributed by atoms with van der Waals surface area (Å²) in [6.45, 7) is 30.8. The molecule has 0 aliphatic carbocycles. The summed E-state index contributed by atoms with van der Waals surface area (Å²) in [5.74, 6) is 1.25. The Bertz CT molecular complexity index is 907. The zero-order valence-corrected chi connectivity index (χ0v) is 37.3. The van der Waals surface area contributed by atoms with Gasteiger partial charge in [0.15, 0.2) is 17.5 Å². The van der Waals surface area contributed by atoms with Crippen molar-refractivity contribution in [1.82, 2.24) is 19.9 Å². The topological polar surface area (TPSA) is 176 Å². The quantitative estimate of drug-likeness (QED) is 0.0678. The monoisotopic (exact) mass is 805 g/mol. The van der Waals surface area contributed by atoms with Gasteiger partial charge in [-0.25, -0.2) is 24.9 Å². The van der Waals surface area contributed by atoms with E-state index < -0.39 is 18.4 Å². The molecule has 2 aromatic heterocycles. The molecule has 6 N–H and O–H groups in total. The van der Waals surface area contributed by atoms with E-state index in [1.807, 2.05) is 87.3 Å². The van der Waals surface area contributed by atoms with E-state index in [9.17, 15) is 0 Å². The van der Waals surface area contributed by atoms with Gasteiger partial charge in [-0.2, -0.15) is 4.98 Å². The first kappa shape index (κ1) is 60.8. The molecule has 0 radical (unpaired) electrons. The second-order valence-corrected chi connectivity index (χ2v) is 21.2. The van der Waals surface area contributed by atoms with Gasteiger partial charge < -0.3 is 16.9 Å². The van der Waals surface area contributed by atoms with Crippen LogP contribution in [-0.2, 0) is 0 Å². The van der Waals surface area contributed by atoms with Gasteiger partial charge in [-0.05, 0) is 11.6 Å². The Balaban J connectivity index is -0.0000000914. The van der Waals surface area contributed by atoms with Crippen LogP contribution in [0.15, 0.2) is 34.5 Å².